The number of rotatable bonds is 7. The minimum absolute atomic E-state index is 0.258. The maximum absolute atomic E-state index is 13.8. The predicted octanol–water partition coefficient (Wildman–Crippen LogP) is 7.02. The molecule has 2 atom stereocenters. The number of aromatic nitrogens is 1. The average Bonchev–Trinajstić information content (AvgIpc) is 2.93. The van der Waals surface area contributed by atoms with Gasteiger partial charge in [-0.3, -0.25) is 10.3 Å². The molecule has 0 fully saturated rings. The first kappa shape index (κ1) is 24.7. The number of aliphatic hydroxyl groups excluding tert-OH is 1. The summed E-state index contributed by atoms with van der Waals surface area (Å²) < 4.78 is 41.4. The van der Waals surface area contributed by atoms with Crippen LogP contribution in [0.5, 0.6) is 0 Å². The minimum Gasteiger partial charge on any atom is -0.374 e. The van der Waals surface area contributed by atoms with Gasteiger partial charge in [-0.05, 0) is 46.2 Å². The van der Waals surface area contributed by atoms with Crippen molar-refractivity contribution < 1.29 is 18.3 Å². The molecule has 0 aliphatic carbocycles. The van der Waals surface area contributed by atoms with Gasteiger partial charge in [-0.15, -0.1) is 0 Å². The van der Waals surface area contributed by atoms with Gasteiger partial charge in [0.1, 0.15) is 6.23 Å². The van der Waals surface area contributed by atoms with E-state index in [9.17, 15) is 18.3 Å². The molecule has 0 spiro atoms. The number of benzene rings is 4. The summed E-state index contributed by atoms with van der Waals surface area (Å²) in [6.45, 7) is 0. The lowest BCUT2D eigenvalue weighted by Gasteiger charge is -2.38. The van der Waals surface area contributed by atoms with Crippen molar-refractivity contribution in [3.63, 3.8) is 0 Å². The van der Waals surface area contributed by atoms with Gasteiger partial charge in [0.15, 0.2) is 0 Å². The Morgan fingerprint density at radius 1 is 0.730 bits per heavy atom. The molecule has 5 aromatic rings. The number of halogens is 3. The summed E-state index contributed by atoms with van der Waals surface area (Å²) in [6.07, 6.45) is -3.86. The molecule has 5 rings (SSSR count). The highest BCUT2D eigenvalue weighted by Gasteiger charge is 2.40. The number of nitrogens with one attached hydrogen (secondary N) is 1. The van der Waals surface area contributed by atoms with Crippen LogP contribution in [0.25, 0.3) is 10.8 Å². The molecule has 0 aliphatic heterocycles. The fourth-order valence-corrected chi connectivity index (χ4v) is 4.83. The lowest BCUT2D eigenvalue weighted by molar-refractivity contribution is -0.137. The van der Waals surface area contributed by atoms with E-state index in [4.69, 9.17) is 0 Å². The minimum atomic E-state index is -4.52. The maximum Gasteiger partial charge on any atom is 0.416 e. The highest BCUT2D eigenvalue weighted by atomic mass is 19.4. The van der Waals surface area contributed by atoms with E-state index in [1.807, 2.05) is 72.8 Å². The van der Waals surface area contributed by atoms with Crippen LogP contribution in [0.4, 0.5) is 13.2 Å². The molecule has 2 N–H and O–H groups in total. The molecule has 37 heavy (non-hydrogen) atoms. The number of pyridine rings is 1. The van der Waals surface area contributed by atoms with Gasteiger partial charge in [-0.2, -0.15) is 13.2 Å². The lowest BCUT2D eigenvalue weighted by Crippen LogP contribution is -2.48. The van der Waals surface area contributed by atoms with E-state index in [-0.39, 0.29) is 6.42 Å². The van der Waals surface area contributed by atoms with Crippen molar-refractivity contribution in [3.8, 4) is 0 Å². The maximum atomic E-state index is 13.8. The van der Waals surface area contributed by atoms with Gasteiger partial charge >= 0.3 is 6.18 Å². The van der Waals surface area contributed by atoms with Crippen LogP contribution in [0.3, 0.4) is 0 Å². The highest BCUT2D eigenvalue weighted by Crippen LogP contribution is 2.38. The van der Waals surface area contributed by atoms with Gasteiger partial charge in [-0.1, -0.05) is 91.0 Å². The molecule has 0 aliphatic rings. The number of aliphatic hydroxyl groups is 1. The Kier molecular flexibility index (Phi) is 6.78. The average molecular weight is 499 g/mol. The topological polar surface area (TPSA) is 45.1 Å². The van der Waals surface area contributed by atoms with E-state index in [1.165, 1.54) is 6.07 Å². The van der Waals surface area contributed by atoms with Crippen molar-refractivity contribution in [2.24, 2.45) is 0 Å². The molecule has 4 aromatic carbocycles. The molecule has 0 saturated heterocycles. The van der Waals surface area contributed by atoms with Crippen LogP contribution in [-0.2, 0) is 18.1 Å². The van der Waals surface area contributed by atoms with E-state index >= 15 is 0 Å². The molecule has 0 bridgehead atoms. The smallest absolute Gasteiger partial charge is 0.374 e. The molecule has 2 unspecified atom stereocenters. The van der Waals surface area contributed by atoms with Crippen LogP contribution in [0.2, 0.25) is 0 Å². The Bertz CT molecular complexity index is 1480. The molecular formula is C31H25F3N2O. The predicted molar refractivity (Wildman–Crippen MR) is 139 cm³/mol. The normalized spacial score (nSPS) is 14.3. The third kappa shape index (κ3) is 5.12. The first-order chi connectivity index (χ1) is 17.9. The lowest BCUT2D eigenvalue weighted by atomic mass is 9.79. The van der Waals surface area contributed by atoms with Crippen molar-refractivity contribution in [1.82, 2.24) is 10.3 Å². The van der Waals surface area contributed by atoms with Gasteiger partial charge in [-0.25, -0.2) is 0 Å². The van der Waals surface area contributed by atoms with E-state index in [0.29, 0.717) is 16.8 Å². The van der Waals surface area contributed by atoms with Crippen molar-refractivity contribution in [2.45, 2.75) is 24.4 Å². The molecule has 186 valence electrons. The second-order valence-corrected chi connectivity index (χ2v) is 8.98. The molecule has 1 aromatic heterocycles. The standard InChI is InChI=1S/C31H25F3N2O/c32-31(33,34)25-15-9-14-24(20-25)30(28-18-6-7-19-35-28,21-22-10-2-1-3-11-22)36-29(37)27-17-8-13-23-12-4-5-16-26(23)27/h1-20,29,36-37H,21H2. The van der Waals surface area contributed by atoms with E-state index in [0.717, 1.165) is 28.5 Å². The second kappa shape index (κ2) is 10.2. The molecular weight excluding hydrogens is 473 g/mol. The number of fused-ring (bicyclic) bond motifs is 1. The van der Waals surface area contributed by atoms with Crippen molar-refractivity contribution >= 4 is 10.8 Å². The Morgan fingerprint density at radius 3 is 2.16 bits per heavy atom. The van der Waals surface area contributed by atoms with Crippen LogP contribution >= 0.6 is 0 Å². The zero-order valence-corrected chi connectivity index (χ0v) is 19.9. The number of nitrogens with zero attached hydrogens (tertiary/aromatic N) is 1. The summed E-state index contributed by atoms with van der Waals surface area (Å²) >= 11 is 0. The first-order valence-corrected chi connectivity index (χ1v) is 11.9. The summed E-state index contributed by atoms with van der Waals surface area (Å²) in [6, 6.07) is 33.3. The zero-order chi connectivity index (χ0) is 25.9. The van der Waals surface area contributed by atoms with Crippen molar-refractivity contribution in [1.29, 1.82) is 0 Å². The number of alkyl halides is 3. The summed E-state index contributed by atoms with van der Waals surface area (Å²) in [4.78, 5) is 4.57. The Hall–Kier alpha value is -4.00. The van der Waals surface area contributed by atoms with E-state index < -0.39 is 23.5 Å². The van der Waals surface area contributed by atoms with Crippen molar-refractivity contribution in [2.75, 3.05) is 0 Å². The molecule has 3 nitrogen and oxygen atoms in total. The van der Waals surface area contributed by atoms with E-state index in [1.54, 1.807) is 30.5 Å². The van der Waals surface area contributed by atoms with E-state index in [2.05, 4.69) is 10.3 Å². The SMILES string of the molecule is OC(NC(Cc1ccccc1)(c1cccc(C(F)(F)F)c1)c1ccccn1)c1cccc2ccccc12. The largest absolute Gasteiger partial charge is 0.416 e. The fraction of sp³-hybridized carbons (Fsp3) is 0.129. The van der Waals surface area contributed by atoms with Crippen LogP contribution in [-0.4, -0.2) is 10.1 Å². The molecule has 0 amide bonds. The van der Waals surface area contributed by atoms with Crippen LogP contribution in [0, 0.1) is 0 Å². The monoisotopic (exact) mass is 498 g/mol. The molecule has 0 saturated carbocycles. The third-order valence-electron chi connectivity index (χ3n) is 6.60. The fourth-order valence-electron chi connectivity index (χ4n) is 4.83. The third-order valence-corrected chi connectivity index (χ3v) is 6.60. The quantitative estimate of drug-likeness (QED) is 0.237. The zero-order valence-electron chi connectivity index (χ0n) is 19.9. The number of hydrogen-bond acceptors (Lipinski definition) is 3. The van der Waals surface area contributed by atoms with Gasteiger partial charge in [0, 0.05) is 18.2 Å². The van der Waals surface area contributed by atoms with Gasteiger partial charge in [0.25, 0.3) is 0 Å². The van der Waals surface area contributed by atoms with Gasteiger partial charge in [0.2, 0.25) is 0 Å². The Balaban J connectivity index is 1.72. The summed E-state index contributed by atoms with van der Waals surface area (Å²) in [5, 5.41) is 16.7. The summed E-state index contributed by atoms with van der Waals surface area (Å²) in [5.41, 5.74) is 0.309. The summed E-state index contributed by atoms with van der Waals surface area (Å²) in [5.74, 6) is 0. The van der Waals surface area contributed by atoms with Gasteiger partial charge in [0.05, 0.1) is 16.8 Å². The Labute approximate surface area is 213 Å². The van der Waals surface area contributed by atoms with Gasteiger partial charge < -0.3 is 5.11 Å². The molecule has 6 heteroatoms. The van der Waals surface area contributed by atoms with Crippen LogP contribution in [0.1, 0.15) is 34.2 Å². The van der Waals surface area contributed by atoms with Crippen molar-refractivity contribution in [3.05, 3.63) is 149 Å². The second-order valence-electron chi connectivity index (χ2n) is 8.98. The first-order valence-electron chi connectivity index (χ1n) is 11.9. The highest BCUT2D eigenvalue weighted by molar-refractivity contribution is 5.85. The Morgan fingerprint density at radius 2 is 1.41 bits per heavy atom. The number of hydrogen-bond donors (Lipinski definition) is 2. The van der Waals surface area contributed by atoms with Crippen LogP contribution in [0.15, 0.2) is 121 Å². The molecule has 1 heterocycles. The summed E-state index contributed by atoms with van der Waals surface area (Å²) in [7, 11) is 0. The molecule has 0 radical (unpaired) electrons. The van der Waals surface area contributed by atoms with Crippen LogP contribution < -0.4 is 5.32 Å².